The molecule has 0 heterocycles. The molecule has 1 aromatic carbocycles. The minimum absolute atomic E-state index is 0.137. The molecule has 0 fully saturated rings. The second-order valence-corrected chi connectivity index (χ2v) is 6.41. The molecule has 0 radical (unpaired) electrons. The van der Waals surface area contributed by atoms with Crippen molar-refractivity contribution in [1.29, 1.82) is 0 Å². The monoisotopic (exact) mass is 376 g/mol. The Kier molecular flexibility index (Phi) is 8.83. The molecule has 0 saturated carbocycles. The number of halogens is 2. The summed E-state index contributed by atoms with van der Waals surface area (Å²) in [5.74, 6) is 0. The SMILES string of the molecule is CCC(CC)N(CCOC)C(CN)c1cc(Cl)ccc1Br. The van der Waals surface area contributed by atoms with Crippen molar-refractivity contribution in [2.75, 3.05) is 26.8 Å². The van der Waals surface area contributed by atoms with E-state index in [0.29, 0.717) is 19.2 Å². The molecule has 1 unspecified atom stereocenters. The summed E-state index contributed by atoms with van der Waals surface area (Å²) >= 11 is 9.80. The van der Waals surface area contributed by atoms with Gasteiger partial charge in [0.25, 0.3) is 0 Å². The van der Waals surface area contributed by atoms with Crippen molar-refractivity contribution in [3.05, 3.63) is 33.3 Å². The minimum atomic E-state index is 0.137. The van der Waals surface area contributed by atoms with Crippen LogP contribution in [0.4, 0.5) is 0 Å². The van der Waals surface area contributed by atoms with Crippen LogP contribution in [0.15, 0.2) is 22.7 Å². The lowest BCUT2D eigenvalue weighted by atomic mass is 10.0. The summed E-state index contributed by atoms with van der Waals surface area (Å²) in [5, 5.41) is 0.739. The van der Waals surface area contributed by atoms with Crippen molar-refractivity contribution in [2.24, 2.45) is 5.73 Å². The van der Waals surface area contributed by atoms with Crippen LogP contribution in [0.3, 0.4) is 0 Å². The average Bonchev–Trinajstić information content (AvgIpc) is 2.49. The van der Waals surface area contributed by atoms with Gasteiger partial charge in [0.1, 0.15) is 0 Å². The molecule has 0 aliphatic carbocycles. The van der Waals surface area contributed by atoms with Crippen molar-refractivity contribution < 1.29 is 4.74 Å². The van der Waals surface area contributed by atoms with Crippen LogP contribution in [0.2, 0.25) is 5.02 Å². The smallest absolute Gasteiger partial charge is 0.0590 e. The van der Waals surface area contributed by atoms with Gasteiger partial charge in [-0.3, -0.25) is 4.90 Å². The van der Waals surface area contributed by atoms with Crippen molar-refractivity contribution in [1.82, 2.24) is 4.90 Å². The van der Waals surface area contributed by atoms with E-state index in [1.54, 1.807) is 7.11 Å². The van der Waals surface area contributed by atoms with Gasteiger partial charge in [-0.05, 0) is 36.6 Å². The van der Waals surface area contributed by atoms with Crippen LogP contribution in [-0.2, 0) is 4.74 Å². The highest BCUT2D eigenvalue weighted by Gasteiger charge is 2.26. The normalized spacial score (nSPS) is 13.1. The topological polar surface area (TPSA) is 38.5 Å². The minimum Gasteiger partial charge on any atom is -0.383 e. The molecule has 0 spiro atoms. The Labute approximate surface area is 141 Å². The third-order valence-electron chi connectivity index (χ3n) is 3.91. The molecule has 1 rings (SSSR count). The maximum atomic E-state index is 6.17. The summed E-state index contributed by atoms with van der Waals surface area (Å²) in [6, 6.07) is 6.50. The van der Waals surface area contributed by atoms with Gasteiger partial charge in [0.15, 0.2) is 0 Å². The van der Waals surface area contributed by atoms with E-state index in [-0.39, 0.29) is 6.04 Å². The number of nitrogens with two attached hydrogens (primary N) is 1. The zero-order valence-corrected chi connectivity index (χ0v) is 15.5. The maximum absolute atomic E-state index is 6.17. The quantitative estimate of drug-likeness (QED) is 0.699. The van der Waals surface area contributed by atoms with E-state index in [2.05, 4.69) is 34.7 Å². The zero-order chi connectivity index (χ0) is 15.8. The largest absolute Gasteiger partial charge is 0.383 e. The molecule has 0 amide bonds. The molecule has 5 heteroatoms. The maximum Gasteiger partial charge on any atom is 0.0590 e. The summed E-state index contributed by atoms with van der Waals surface area (Å²) < 4.78 is 6.33. The average molecular weight is 378 g/mol. The fourth-order valence-electron chi connectivity index (χ4n) is 2.76. The van der Waals surface area contributed by atoms with Gasteiger partial charge >= 0.3 is 0 Å². The van der Waals surface area contributed by atoms with Crippen LogP contribution in [-0.4, -0.2) is 37.7 Å². The summed E-state index contributed by atoms with van der Waals surface area (Å²) in [5.41, 5.74) is 7.24. The molecule has 120 valence electrons. The highest BCUT2D eigenvalue weighted by molar-refractivity contribution is 9.10. The van der Waals surface area contributed by atoms with Crippen molar-refractivity contribution in [3.8, 4) is 0 Å². The molecule has 1 atom stereocenters. The van der Waals surface area contributed by atoms with Crippen LogP contribution < -0.4 is 5.73 Å². The Morgan fingerprint density at radius 2 is 2.00 bits per heavy atom. The first kappa shape index (κ1) is 18.9. The Balaban J connectivity index is 3.12. The summed E-state index contributed by atoms with van der Waals surface area (Å²) in [4.78, 5) is 2.44. The van der Waals surface area contributed by atoms with Crippen LogP contribution in [0.25, 0.3) is 0 Å². The molecule has 2 N–H and O–H groups in total. The van der Waals surface area contributed by atoms with Crippen LogP contribution in [0, 0.1) is 0 Å². The lowest BCUT2D eigenvalue weighted by molar-refractivity contribution is 0.0815. The molecule has 0 aliphatic rings. The van der Waals surface area contributed by atoms with Gasteiger partial charge in [-0.2, -0.15) is 0 Å². The van der Waals surface area contributed by atoms with Gasteiger partial charge < -0.3 is 10.5 Å². The predicted molar refractivity (Wildman–Crippen MR) is 93.9 cm³/mol. The lowest BCUT2D eigenvalue weighted by Crippen LogP contribution is -2.43. The van der Waals surface area contributed by atoms with Crippen LogP contribution >= 0.6 is 27.5 Å². The first-order valence-electron chi connectivity index (χ1n) is 7.48. The third kappa shape index (κ3) is 5.22. The van der Waals surface area contributed by atoms with Gasteiger partial charge in [-0.25, -0.2) is 0 Å². The van der Waals surface area contributed by atoms with Gasteiger partial charge in [0.2, 0.25) is 0 Å². The van der Waals surface area contributed by atoms with E-state index in [4.69, 9.17) is 22.1 Å². The molecule has 0 bridgehead atoms. The first-order chi connectivity index (χ1) is 10.1. The number of hydrogen-bond acceptors (Lipinski definition) is 3. The molecular formula is C16H26BrClN2O. The van der Waals surface area contributed by atoms with Gasteiger partial charge in [0, 0.05) is 41.8 Å². The first-order valence-corrected chi connectivity index (χ1v) is 8.65. The van der Waals surface area contributed by atoms with Gasteiger partial charge in [0.05, 0.1) is 6.61 Å². The molecule has 0 saturated heterocycles. The molecule has 21 heavy (non-hydrogen) atoms. The number of nitrogens with zero attached hydrogens (tertiary/aromatic N) is 1. The van der Waals surface area contributed by atoms with Crippen molar-refractivity contribution in [3.63, 3.8) is 0 Å². The van der Waals surface area contributed by atoms with Crippen LogP contribution in [0.1, 0.15) is 38.3 Å². The predicted octanol–water partition coefficient (Wildman–Crippen LogP) is 4.24. The fraction of sp³-hybridized carbons (Fsp3) is 0.625. The highest BCUT2D eigenvalue weighted by Crippen LogP contribution is 2.32. The van der Waals surface area contributed by atoms with Crippen LogP contribution in [0.5, 0.6) is 0 Å². The summed E-state index contributed by atoms with van der Waals surface area (Å²) in [6.07, 6.45) is 2.18. The molecule has 0 aliphatic heterocycles. The van der Waals surface area contributed by atoms with E-state index in [1.807, 2.05) is 18.2 Å². The molecular weight excluding hydrogens is 352 g/mol. The van der Waals surface area contributed by atoms with E-state index in [9.17, 15) is 0 Å². The molecule has 1 aromatic rings. The van der Waals surface area contributed by atoms with Gasteiger partial charge in [-0.15, -0.1) is 0 Å². The van der Waals surface area contributed by atoms with Crippen molar-refractivity contribution >= 4 is 27.5 Å². The number of ether oxygens (including phenoxy) is 1. The van der Waals surface area contributed by atoms with E-state index in [1.165, 1.54) is 0 Å². The Morgan fingerprint density at radius 3 is 2.52 bits per heavy atom. The highest BCUT2D eigenvalue weighted by atomic mass is 79.9. The Morgan fingerprint density at radius 1 is 1.33 bits per heavy atom. The number of methoxy groups -OCH3 is 1. The van der Waals surface area contributed by atoms with Crippen molar-refractivity contribution in [2.45, 2.75) is 38.8 Å². The fourth-order valence-corrected chi connectivity index (χ4v) is 3.45. The standard InChI is InChI=1S/C16H26BrClN2O/c1-4-13(5-2)20(8-9-21-3)16(11-19)14-10-12(18)6-7-15(14)17/h6-7,10,13,16H,4-5,8-9,11,19H2,1-3H3. The van der Waals surface area contributed by atoms with E-state index >= 15 is 0 Å². The third-order valence-corrected chi connectivity index (χ3v) is 4.86. The molecule has 3 nitrogen and oxygen atoms in total. The summed E-state index contributed by atoms with van der Waals surface area (Å²) in [6.45, 7) is 6.55. The van der Waals surface area contributed by atoms with Gasteiger partial charge in [-0.1, -0.05) is 41.4 Å². The van der Waals surface area contributed by atoms with E-state index < -0.39 is 0 Å². The molecule has 0 aromatic heterocycles. The second-order valence-electron chi connectivity index (χ2n) is 5.12. The number of benzene rings is 1. The lowest BCUT2D eigenvalue weighted by Gasteiger charge is -2.37. The van der Waals surface area contributed by atoms with E-state index in [0.717, 1.165) is 34.4 Å². The zero-order valence-electron chi connectivity index (χ0n) is 13.1. The number of hydrogen-bond donors (Lipinski definition) is 1. The second kappa shape index (κ2) is 9.80. The Bertz CT molecular complexity index is 427. The summed E-state index contributed by atoms with van der Waals surface area (Å²) in [7, 11) is 1.73. The Hall–Kier alpha value is -0.130. The number of rotatable bonds is 9.